The highest BCUT2D eigenvalue weighted by molar-refractivity contribution is 6.28. The summed E-state index contributed by atoms with van der Waals surface area (Å²) in [6, 6.07) is 8.01. The molecule has 0 saturated carbocycles. The van der Waals surface area contributed by atoms with Gasteiger partial charge in [-0.3, -0.25) is 0 Å². The van der Waals surface area contributed by atoms with E-state index in [4.69, 9.17) is 16.3 Å². The van der Waals surface area contributed by atoms with Gasteiger partial charge >= 0.3 is 0 Å². The van der Waals surface area contributed by atoms with E-state index in [1.54, 1.807) is 13.3 Å². The van der Waals surface area contributed by atoms with Crippen molar-refractivity contribution in [2.45, 2.75) is 13.1 Å². The Kier molecular flexibility index (Phi) is 2.80. The van der Waals surface area contributed by atoms with Gasteiger partial charge in [-0.2, -0.15) is 0 Å². The highest BCUT2D eigenvalue weighted by Crippen LogP contribution is 2.29. The Bertz CT molecular complexity index is 588. The van der Waals surface area contributed by atoms with Crippen LogP contribution in [0.15, 0.2) is 30.5 Å². The van der Waals surface area contributed by atoms with Crippen LogP contribution in [0.1, 0.15) is 11.1 Å². The number of nitrogens with zero attached hydrogens (tertiary/aromatic N) is 3. The standard InChI is InChI=1S/C13H12ClN3O/c1-18-11-3-2-9-7-17(8-10(9)6-11)12-4-5-15-13(14)16-12/h2-6H,7-8H2,1H3. The Morgan fingerprint density at radius 3 is 2.83 bits per heavy atom. The van der Waals surface area contributed by atoms with Gasteiger partial charge in [0.2, 0.25) is 5.28 Å². The van der Waals surface area contributed by atoms with Gasteiger partial charge in [-0.05, 0) is 40.9 Å². The fraction of sp³-hybridized carbons (Fsp3) is 0.231. The van der Waals surface area contributed by atoms with E-state index in [0.29, 0.717) is 0 Å². The molecule has 0 fully saturated rings. The molecule has 2 aromatic rings. The summed E-state index contributed by atoms with van der Waals surface area (Å²) in [6.45, 7) is 1.66. The first-order valence-electron chi connectivity index (χ1n) is 5.65. The average molecular weight is 262 g/mol. The molecule has 0 N–H and O–H groups in total. The van der Waals surface area contributed by atoms with Gasteiger partial charge < -0.3 is 9.64 Å². The Labute approximate surface area is 110 Å². The maximum Gasteiger partial charge on any atom is 0.224 e. The maximum absolute atomic E-state index is 5.81. The van der Waals surface area contributed by atoms with E-state index < -0.39 is 0 Å². The summed E-state index contributed by atoms with van der Waals surface area (Å²) in [5.41, 5.74) is 2.56. The predicted octanol–water partition coefficient (Wildman–Crippen LogP) is 2.66. The molecule has 0 atom stereocenters. The van der Waals surface area contributed by atoms with Gasteiger partial charge in [0, 0.05) is 19.3 Å². The number of halogens is 1. The van der Waals surface area contributed by atoms with Crippen LogP contribution in [-0.4, -0.2) is 17.1 Å². The second-order valence-corrected chi connectivity index (χ2v) is 4.51. The molecule has 1 aliphatic rings. The molecule has 0 radical (unpaired) electrons. The molecule has 92 valence electrons. The van der Waals surface area contributed by atoms with Crippen LogP contribution >= 0.6 is 11.6 Å². The summed E-state index contributed by atoms with van der Waals surface area (Å²) in [4.78, 5) is 10.3. The lowest BCUT2D eigenvalue weighted by Gasteiger charge is -2.15. The van der Waals surface area contributed by atoms with Crippen molar-refractivity contribution in [1.82, 2.24) is 9.97 Å². The number of benzene rings is 1. The molecular formula is C13H12ClN3O. The van der Waals surface area contributed by atoms with Crippen molar-refractivity contribution >= 4 is 17.4 Å². The zero-order chi connectivity index (χ0) is 12.5. The quantitative estimate of drug-likeness (QED) is 0.779. The predicted molar refractivity (Wildman–Crippen MR) is 69.9 cm³/mol. The van der Waals surface area contributed by atoms with Crippen molar-refractivity contribution in [2.75, 3.05) is 12.0 Å². The summed E-state index contributed by atoms with van der Waals surface area (Å²) in [5, 5.41) is 0.279. The van der Waals surface area contributed by atoms with Gasteiger partial charge in [-0.25, -0.2) is 9.97 Å². The van der Waals surface area contributed by atoms with Crippen LogP contribution < -0.4 is 9.64 Å². The molecule has 0 bridgehead atoms. The number of hydrogen-bond acceptors (Lipinski definition) is 4. The molecule has 0 unspecified atom stereocenters. The minimum atomic E-state index is 0.279. The van der Waals surface area contributed by atoms with Gasteiger partial charge in [-0.1, -0.05) is 6.07 Å². The van der Waals surface area contributed by atoms with Crippen LogP contribution in [-0.2, 0) is 13.1 Å². The summed E-state index contributed by atoms with van der Waals surface area (Å²) in [6.07, 6.45) is 1.67. The SMILES string of the molecule is COc1ccc2c(c1)CN(c1ccnc(Cl)n1)C2. The number of anilines is 1. The molecule has 0 amide bonds. The van der Waals surface area contributed by atoms with E-state index in [9.17, 15) is 0 Å². The lowest BCUT2D eigenvalue weighted by atomic mass is 10.1. The van der Waals surface area contributed by atoms with Gasteiger partial charge in [0.15, 0.2) is 0 Å². The monoisotopic (exact) mass is 261 g/mol. The zero-order valence-electron chi connectivity index (χ0n) is 9.93. The Morgan fingerprint density at radius 2 is 2.06 bits per heavy atom. The van der Waals surface area contributed by atoms with Crippen molar-refractivity contribution in [3.63, 3.8) is 0 Å². The molecule has 4 nitrogen and oxygen atoms in total. The number of hydrogen-bond donors (Lipinski definition) is 0. The first kappa shape index (κ1) is 11.3. The molecule has 0 spiro atoms. The van der Waals surface area contributed by atoms with Crippen molar-refractivity contribution in [3.05, 3.63) is 46.9 Å². The summed E-state index contributed by atoms with van der Waals surface area (Å²) in [5.74, 6) is 1.74. The van der Waals surface area contributed by atoms with E-state index in [-0.39, 0.29) is 5.28 Å². The van der Waals surface area contributed by atoms with Gasteiger partial charge in [0.05, 0.1) is 7.11 Å². The maximum atomic E-state index is 5.81. The average Bonchev–Trinajstić information content (AvgIpc) is 2.81. The lowest BCUT2D eigenvalue weighted by Crippen LogP contribution is -2.16. The number of ether oxygens (including phenoxy) is 1. The van der Waals surface area contributed by atoms with Crippen LogP contribution in [0.3, 0.4) is 0 Å². The highest BCUT2D eigenvalue weighted by atomic mass is 35.5. The topological polar surface area (TPSA) is 38.2 Å². The summed E-state index contributed by atoms with van der Waals surface area (Å²) in [7, 11) is 1.68. The van der Waals surface area contributed by atoms with Crippen molar-refractivity contribution in [2.24, 2.45) is 0 Å². The fourth-order valence-electron chi connectivity index (χ4n) is 2.16. The van der Waals surface area contributed by atoms with Gasteiger partial charge in [0.1, 0.15) is 11.6 Å². The minimum absolute atomic E-state index is 0.279. The molecule has 5 heteroatoms. The molecule has 1 aromatic carbocycles. The van der Waals surface area contributed by atoms with Gasteiger partial charge in [0.25, 0.3) is 0 Å². The minimum Gasteiger partial charge on any atom is -0.497 e. The number of aromatic nitrogens is 2. The van der Waals surface area contributed by atoms with Gasteiger partial charge in [-0.15, -0.1) is 0 Å². The van der Waals surface area contributed by atoms with E-state index in [0.717, 1.165) is 24.7 Å². The Balaban J connectivity index is 1.88. The first-order valence-corrected chi connectivity index (χ1v) is 6.03. The lowest BCUT2D eigenvalue weighted by molar-refractivity contribution is 0.414. The number of fused-ring (bicyclic) bond motifs is 1. The molecule has 0 saturated heterocycles. The Hall–Kier alpha value is -1.81. The first-order chi connectivity index (χ1) is 8.76. The fourth-order valence-corrected chi connectivity index (χ4v) is 2.31. The third-order valence-electron chi connectivity index (χ3n) is 3.07. The smallest absolute Gasteiger partial charge is 0.224 e. The van der Waals surface area contributed by atoms with Crippen molar-refractivity contribution in [1.29, 1.82) is 0 Å². The third-order valence-corrected chi connectivity index (χ3v) is 3.25. The molecular weight excluding hydrogens is 250 g/mol. The molecule has 0 aliphatic carbocycles. The second-order valence-electron chi connectivity index (χ2n) is 4.17. The zero-order valence-corrected chi connectivity index (χ0v) is 10.7. The largest absolute Gasteiger partial charge is 0.497 e. The van der Waals surface area contributed by atoms with Crippen LogP contribution in [0.2, 0.25) is 5.28 Å². The number of methoxy groups -OCH3 is 1. The van der Waals surface area contributed by atoms with E-state index in [2.05, 4.69) is 27.0 Å². The van der Waals surface area contributed by atoms with Crippen LogP contribution in [0, 0.1) is 0 Å². The summed E-state index contributed by atoms with van der Waals surface area (Å²) >= 11 is 5.81. The Morgan fingerprint density at radius 1 is 1.22 bits per heavy atom. The van der Waals surface area contributed by atoms with Crippen LogP contribution in [0.25, 0.3) is 0 Å². The molecule has 1 aliphatic heterocycles. The van der Waals surface area contributed by atoms with E-state index in [1.165, 1.54) is 11.1 Å². The van der Waals surface area contributed by atoms with E-state index in [1.807, 2.05) is 12.1 Å². The molecule has 1 aromatic heterocycles. The highest BCUT2D eigenvalue weighted by Gasteiger charge is 2.20. The van der Waals surface area contributed by atoms with Crippen LogP contribution in [0.4, 0.5) is 5.82 Å². The molecule has 18 heavy (non-hydrogen) atoms. The summed E-state index contributed by atoms with van der Waals surface area (Å²) < 4.78 is 5.23. The van der Waals surface area contributed by atoms with Crippen molar-refractivity contribution in [3.8, 4) is 5.75 Å². The second kappa shape index (κ2) is 4.46. The molecule has 3 rings (SSSR count). The third kappa shape index (κ3) is 1.99. The number of rotatable bonds is 2. The molecule has 2 heterocycles. The normalized spacial score (nSPS) is 13.6. The van der Waals surface area contributed by atoms with Crippen LogP contribution in [0.5, 0.6) is 5.75 Å². The van der Waals surface area contributed by atoms with Crippen molar-refractivity contribution < 1.29 is 4.74 Å². The van der Waals surface area contributed by atoms with E-state index >= 15 is 0 Å².